The van der Waals surface area contributed by atoms with Crippen LogP contribution in [-0.2, 0) is 9.53 Å². The number of benzene rings is 1. The normalized spacial score (nSPS) is 15.9. The number of rotatable bonds is 5. The summed E-state index contributed by atoms with van der Waals surface area (Å²) in [7, 11) is 0. The predicted molar refractivity (Wildman–Crippen MR) is 95.4 cm³/mol. The monoisotopic (exact) mass is 364 g/mol. The standard InChI is InChI=1S/C18H16N6O3/c1-3-26-14(25)8-7-12-17(19-2)15(11-9-20-22-18(11)21-12)10-5-4-6-13-16(10)24-27-23-13/h4-6,9,15H,3,7-8H2,1H3,(H2,20,21,22). The number of carbonyl (C=O) groups excluding carboxylic acids is 1. The molecule has 1 aliphatic heterocycles. The number of carbonyl (C=O) groups is 1. The molecule has 1 unspecified atom stereocenters. The molecule has 4 rings (SSSR count). The van der Waals surface area contributed by atoms with Crippen molar-refractivity contribution in [2.24, 2.45) is 0 Å². The van der Waals surface area contributed by atoms with Gasteiger partial charge in [0.25, 0.3) is 0 Å². The first kappa shape index (κ1) is 16.8. The highest BCUT2D eigenvalue weighted by Crippen LogP contribution is 2.43. The fourth-order valence-corrected chi connectivity index (χ4v) is 3.31. The van der Waals surface area contributed by atoms with Crippen molar-refractivity contribution in [3.05, 3.63) is 58.3 Å². The number of aromatic amines is 1. The fraction of sp³-hybridized carbons (Fsp3) is 0.278. The number of nitrogens with one attached hydrogen (secondary N) is 2. The van der Waals surface area contributed by atoms with E-state index in [0.717, 1.165) is 11.1 Å². The van der Waals surface area contributed by atoms with Crippen LogP contribution in [0.4, 0.5) is 5.82 Å². The lowest BCUT2D eigenvalue weighted by molar-refractivity contribution is -0.143. The number of allylic oxidation sites excluding steroid dienone is 2. The Morgan fingerprint density at radius 3 is 3.07 bits per heavy atom. The molecule has 0 aliphatic carbocycles. The molecule has 1 aromatic carbocycles. The highest BCUT2D eigenvalue weighted by Gasteiger charge is 2.33. The summed E-state index contributed by atoms with van der Waals surface area (Å²) in [5, 5.41) is 18.1. The average molecular weight is 364 g/mol. The maximum atomic E-state index is 11.8. The summed E-state index contributed by atoms with van der Waals surface area (Å²) < 4.78 is 9.87. The van der Waals surface area contributed by atoms with E-state index in [9.17, 15) is 4.79 Å². The molecule has 0 spiro atoms. The molecule has 0 radical (unpaired) electrons. The molecule has 0 amide bonds. The van der Waals surface area contributed by atoms with Crippen molar-refractivity contribution >= 4 is 22.8 Å². The maximum absolute atomic E-state index is 11.8. The summed E-state index contributed by atoms with van der Waals surface area (Å²) in [6.07, 6.45) is 2.23. The van der Waals surface area contributed by atoms with Crippen LogP contribution in [0.25, 0.3) is 15.9 Å². The Hall–Kier alpha value is -3.67. The van der Waals surface area contributed by atoms with Crippen LogP contribution in [0.15, 0.2) is 40.4 Å². The van der Waals surface area contributed by atoms with Gasteiger partial charge in [-0.05, 0) is 35.3 Å². The van der Waals surface area contributed by atoms with Gasteiger partial charge in [0, 0.05) is 17.7 Å². The molecule has 0 saturated heterocycles. The molecule has 3 aromatic rings. The molecule has 0 saturated carbocycles. The van der Waals surface area contributed by atoms with Crippen molar-refractivity contribution in [1.29, 1.82) is 0 Å². The van der Waals surface area contributed by atoms with Crippen molar-refractivity contribution in [1.82, 2.24) is 20.5 Å². The third-order valence-electron chi connectivity index (χ3n) is 4.47. The van der Waals surface area contributed by atoms with Crippen molar-refractivity contribution in [2.75, 3.05) is 11.9 Å². The van der Waals surface area contributed by atoms with Gasteiger partial charge in [-0.1, -0.05) is 12.1 Å². The van der Waals surface area contributed by atoms with E-state index in [1.54, 1.807) is 19.2 Å². The van der Waals surface area contributed by atoms with Crippen LogP contribution in [0.2, 0.25) is 0 Å². The summed E-state index contributed by atoms with van der Waals surface area (Å²) in [6.45, 7) is 9.85. The van der Waals surface area contributed by atoms with E-state index in [2.05, 4.69) is 30.7 Å². The van der Waals surface area contributed by atoms with Crippen LogP contribution < -0.4 is 5.32 Å². The molecule has 9 nitrogen and oxygen atoms in total. The number of aromatic nitrogens is 4. The zero-order valence-corrected chi connectivity index (χ0v) is 14.5. The Balaban J connectivity index is 1.80. The molecule has 136 valence electrons. The Morgan fingerprint density at radius 2 is 2.26 bits per heavy atom. The van der Waals surface area contributed by atoms with E-state index in [4.69, 9.17) is 15.9 Å². The van der Waals surface area contributed by atoms with Gasteiger partial charge in [-0.2, -0.15) is 5.10 Å². The van der Waals surface area contributed by atoms with Gasteiger partial charge in [0.1, 0.15) is 16.9 Å². The third-order valence-corrected chi connectivity index (χ3v) is 4.47. The number of hydrogen-bond donors (Lipinski definition) is 2. The van der Waals surface area contributed by atoms with Crippen LogP contribution in [-0.4, -0.2) is 33.1 Å². The van der Waals surface area contributed by atoms with Gasteiger partial charge in [0.2, 0.25) is 0 Å². The predicted octanol–water partition coefficient (Wildman–Crippen LogP) is 2.98. The van der Waals surface area contributed by atoms with Gasteiger partial charge in [-0.25, -0.2) is 9.47 Å². The number of H-pyrrole nitrogens is 1. The second kappa shape index (κ2) is 6.92. The van der Waals surface area contributed by atoms with Gasteiger partial charge in [0.05, 0.1) is 25.3 Å². The van der Waals surface area contributed by atoms with Crippen LogP contribution >= 0.6 is 0 Å². The smallest absolute Gasteiger partial charge is 0.306 e. The third kappa shape index (κ3) is 2.91. The van der Waals surface area contributed by atoms with Crippen molar-refractivity contribution < 1.29 is 14.2 Å². The molecule has 9 heteroatoms. The fourth-order valence-electron chi connectivity index (χ4n) is 3.31. The Bertz CT molecular complexity index is 1070. The summed E-state index contributed by atoms with van der Waals surface area (Å²) in [6, 6.07) is 5.55. The molecule has 1 aliphatic rings. The molecule has 3 heterocycles. The highest BCUT2D eigenvalue weighted by molar-refractivity contribution is 5.80. The molecule has 1 atom stereocenters. The summed E-state index contributed by atoms with van der Waals surface area (Å²) in [4.78, 5) is 15.5. The van der Waals surface area contributed by atoms with Crippen molar-refractivity contribution in [3.63, 3.8) is 0 Å². The molecule has 2 aromatic heterocycles. The summed E-state index contributed by atoms with van der Waals surface area (Å²) in [5.74, 6) is 0.0101. The summed E-state index contributed by atoms with van der Waals surface area (Å²) >= 11 is 0. The first-order valence-corrected chi connectivity index (χ1v) is 8.50. The zero-order chi connectivity index (χ0) is 18.8. The number of fused-ring (bicyclic) bond motifs is 2. The molecule has 0 fully saturated rings. The lowest BCUT2D eigenvalue weighted by atomic mass is 9.85. The number of hydrogen-bond acceptors (Lipinski definition) is 7. The second-order valence-corrected chi connectivity index (χ2v) is 6.02. The van der Waals surface area contributed by atoms with Crippen LogP contribution in [0.5, 0.6) is 0 Å². The number of nitrogens with zero attached hydrogens (tertiary/aromatic N) is 4. The van der Waals surface area contributed by atoms with E-state index < -0.39 is 0 Å². The molecule has 2 N–H and O–H groups in total. The van der Waals surface area contributed by atoms with Gasteiger partial charge in [-0.15, -0.1) is 0 Å². The quantitative estimate of drug-likeness (QED) is 0.529. The minimum absolute atomic E-state index is 0.182. The van der Waals surface area contributed by atoms with Gasteiger partial charge in [-0.3, -0.25) is 9.89 Å². The zero-order valence-electron chi connectivity index (χ0n) is 14.5. The number of ether oxygens (including phenoxy) is 1. The molecule has 0 bridgehead atoms. The molecular weight excluding hydrogens is 348 g/mol. The minimum Gasteiger partial charge on any atom is -0.466 e. The largest absolute Gasteiger partial charge is 0.466 e. The molecular formula is C18H16N6O3. The number of anilines is 1. The maximum Gasteiger partial charge on any atom is 0.306 e. The number of esters is 1. The minimum atomic E-state index is -0.384. The lowest BCUT2D eigenvalue weighted by Crippen LogP contribution is -2.18. The average Bonchev–Trinajstić information content (AvgIpc) is 3.34. The van der Waals surface area contributed by atoms with E-state index in [-0.39, 0.29) is 18.3 Å². The molecule has 27 heavy (non-hydrogen) atoms. The van der Waals surface area contributed by atoms with Gasteiger partial charge < -0.3 is 10.1 Å². The van der Waals surface area contributed by atoms with Crippen LogP contribution in [0.1, 0.15) is 36.8 Å². The van der Waals surface area contributed by atoms with Gasteiger partial charge in [0.15, 0.2) is 5.70 Å². The Morgan fingerprint density at radius 1 is 1.37 bits per heavy atom. The van der Waals surface area contributed by atoms with Crippen molar-refractivity contribution in [3.8, 4) is 0 Å². The van der Waals surface area contributed by atoms with E-state index in [1.807, 2.05) is 12.1 Å². The summed E-state index contributed by atoms with van der Waals surface area (Å²) in [5.41, 5.74) is 4.00. The van der Waals surface area contributed by atoms with Crippen LogP contribution in [0.3, 0.4) is 0 Å². The first-order valence-electron chi connectivity index (χ1n) is 8.50. The topological polar surface area (TPSA) is 110 Å². The van der Waals surface area contributed by atoms with E-state index in [1.165, 1.54) is 0 Å². The SMILES string of the molecule is [C-]#[N+]C1=C(CCC(=O)OCC)Nc2[nH]ncc2C1c1cccc2nonc12. The Labute approximate surface area is 154 Å². The second-order valence-electron chi connectivity index (χ2n) is 6.02. The van der Waals surface area contributed by atoms with Crippen LogP contribution in [0, 0.1) is 6.57 Å². The van der Waals surface area contributed by atoms with Crippen molar-refractivity contribution in [2.45, 2.75) is 25.7 Å². The first-order chi connectivity index (χ1) is 13.2. The lowest BCUT2D eigenvalue weighted by Gasteiger charge is -2.26. The van der Waals surface area contributed by atoms with E-state index in [0.29, 0.717) is 41.3 Å². The van der Waals surface area contributed by atoms with Gasteiger partial charge >= 0.3 is 5.97 Å². The Kier molecular flexibility index (Phi) is 4.30. The van der Waals surface area contributed by atoms with E-state index >= 15 is 0 Å². The highest BCUT2D eigenvalue weighted by atomic mass is 16.6.